The van der Waals surface area contributed by atoms with Crippen molar-refractivity contribution in [1.82, 2.24) is 0 Å². The molecule has 0 saturated heterocycles. The maximum absolute atomic E-state index is 8.80. The normalized spacial score (nSPS) is 8.58. The summed E-state index contributed by atoms with van der Waals surface area (Å²) >= 11 is 5.40. The Balaban J connectivity index is 0.000000354. The van der Waals surface area contributed by atoms with Crippen LogP contribution in [0.1, 0.15) is 0 Å². The second-order valence-electron chi connectivity index (χ2n) is 2.04. The molecule has 0 amide bonds. The van der Waals surface area contributed by atoms with Crippen molar-refractivity contribution in [3.63, 3.8) is 0 Å². The summed E-state index contributed by atoms with van der Waals surface area (Å²) in [6, 6.07) is 3.97. The van der Waals surface area contributed by atoms with Gasteiger partial charge >= 0.3 is 0 Å². The van der Waals surface area contributed by atoms with E-state index in [1.165, 1.54) is 18.2 Å². The minimum Gasteiger partial charge on any atom is -0.508 e. The number of ether oxygens (including phenoxy) is 1. The summed E-state index contributed by atoms with van der Waals surface area (Å²) in [5.41, 5.74) is 0. The van der Waals surface area contributed by atoms with E-state index in [0.717, 1.165) is 0 Å². The molecule has 0 unspecified atom stereocenters. The van der Waals surface area contributed by atoms with Crippen LogP contribution in [0.3, 0.4) is 0 Å². The highest BCUT2D eigenvalue weighted by Gasteiger charge is 1.95. The van der Waals surface area contributed by atoms with Gasteiger partial charge < -0.3 is 14.9 Å². The molecule has 0 spiro atoms. The Hall–Kier alpha value is -0.930. The second kappa shape index (κ2) is 5.69. The Morgan fingerprint density at radius 2 is 1.75 bits per heavy atom. The fourth-order valence-electron chi connectivity index (χ4n) is 0.496. The van der Waals surface area contributed by atoms with Crippen LogP contribution in [0.15, 0.2) is 18.2 Å². The zero-order valence-electron chi connectivity index (χ0n) is 6.91. The van der Waals surface area contributed by atoms with Gasteiger partial charge in [0.25, 0.3) is 0 Å². The molecule has 2 N–H and O–H groups in total. The van der Waals surface area contributed by atoms with E-state index >= 15 is 0 Å². The van der Waals surface area contributed by atoms with Gasteiger partial charge in [0.15, 0.2) is 0 Å². The summed E-state index contributed by atoms with van der Waals surface area (Å²) in [6.07, 6.45) is 0. The van der Waals surface area contributed by atoms with Crippen LogP contribution in [0, 0.1) is 0 Å². The number of aromatic hydroxyl groups is 2. The summed E-state index contributed by atoms with van der Waals surface area (Å²) in [5, 5.41) is 17.7. The van der Waals surface area contributed by atoms with E-state index in [1.807, 2.05) is 0 Å². The fourth-order valence-corrected chi connectivity index (χ4v) is 0.671. The van der Waals surface area contributed by atoms with Gasteiger partial charge in [-0.15, -0.1) is 0 Å². The van der Waals surface area contributed by atoms with E-state index < -0.39 is 0 Å². The monoisotopic (exact) mass is 190 g/mol. The lowest BCUT2D eigenvalue weighted by atomic mass is 10.3. The molecule has 0 atom stereocenters. The SMILES string of the molecule is COC.Oc1ccc(O)c(Cl)c1. The molecule has 3 nitrogen and oxygen atoms in total. The smallest absolute Gasteiger partial charge is 0.134 e. The number of hydrogen-bond acceptors (Lipinski definition) is 3. The molecule has 0 fully saturated rings. The molecular formula is C8H11ClO3. The third kappa shape index (κ3) is 4.05. The van der Waals surface area contributed by atoms with Crippen molar-refractivity contribution < 1.29 is 14.9 Å². The number of phenolic OH excluding ortho intramolecular Hbond substituents is 2. The van der Waals surface area contributed by atoms with Gasteiger partial charge in [-0.25, -0.2) is 0 Å². The van der Waals surface area contributed by atoms with Crippen molar-refractivity contribution >= 4 is 11.6 Å². The first-order chi connectivity index (χ1) is 5.61. The minimum atomic E-state index is -0.0190. The molecule has 0 bridgehead atoms. The van der Waals surface area contributed by atoms with Crippen molar-refractivity contribution in [1.29, 1.82) is 0 Å². The van der Waals surface area contributed by atoms with Gasteiger partial charge in [0.2, 0.25) is 0 Å². The third-order valence-corrected chi connectivity index (χ3v) is 1.23. The molecule has 0 radical (unpaired) electrons. The minimum absolute atomic E-state index is 0.0190. The number of methoxy groups -OCH3 is 1. The van der Waals surface area contributed by atoms with Gasteiger partial charge in [0, 0.05) is 20.3 Å². The number of rotatable bonds is 0. The van der Waals surface area contributed by atoms with Gasteiger partial charge in [0.1, 0.15) is 11.5 Å². The molecule has 0 heterocycles. The fraction of sp³-hybridized carbons (Fsp3) is 0.250. The molecule has 0 aliphatic rings. The standard InChI is InChI=1S/C6H5ClO2.C2H6O/c7-5-3-4(8)1-2-6(5)9;1-3-2/h1-3,8-9H;1-2H3. The van der Waals surface area contributed by atoms with Crippen molar-refractivity contribution in [2.45, 2.75) is 0 Å². The summed E-state index contributed by atoms with van der Waals surface area (Å²) in [5.74, 6) is 0.0345. The Bertz CT molecular complexity index is 238. The van der Waals surface area contributed by atoms with Crippen LogP contribution in [-0.2, 0) is 4.74 Å². The molecule has 0 aromatic heterocycles. The van der Waals surface area contributed by atoms with E-state index in [0.29, 0.717) is 0 Å². The highest BCUT2D eigenvalue weighted by molar-refractivity contribution is 6.32. The molecule has 1 aromatic rings. The van der Waals surface area contributed by atoms with E-state index in [-0.39, 0.29) is 16.5 Å². The van der Waals surface area contributed by atoms with Gasteiger partial charge in [0.05, 0.1) is 5.02 Å². The Kier molecular flexibility index (Phi) is 5.25. The lowest BCUT2D eigenvalue weighted by Crippen LogP contribution is -1.66. The first-order valence-electron chi connectivity index (χ1n) is 3.19. The van der Waals surface area contributed by atoms with Gasteiger partial charge in [-0.2, -0.15) is 0 Å². The molecule has 1 rings (SSSR count). The first-order valence-corrected chi connectivity index (χ1v) is 3.57. The molecule has 68 valence electrons. The highest BCUT2D eigenvalue weighted by atomic mass is 35.5. The largest absolute Gasteiger partial charge is 0.508 e. The zero-order valence-corrected chi connectivity index (χ0v) is 7.67. The zero-order chi connectivity index (χ0) is 9.56. The van der Waals surface area contributed by atoms with E-state index in [9.17, 15) is 0 Å². The van der Waals surface area contributed by atoms with E-state index in [2.05, 4.69) is 4.74 Å². The lowest BCUT2D eigenvalue weighted by Gasteiger charge is -1.94. The predicted molar refractivity (Wildman–Crippen MR) is 47.7 cm³/mol. The van der Waals surface area contributed by atoms with Crippen LogP contribution >= 0.6 is 11.6 Å². The van der Waals surface area contributed by atoms with Crippen LogP contribution in [0.25, 0.3) is 0 Å². The Labute approximate surface area is 76.2 Å². The van der Waals surface area contributed by atoms with Gasteiger partial charge in [-0.3, -0.25) is 0 Å². The number of phenols is 2. The van der Waals surface area contributed by atoms with Crippen molar-refractivity contribution in [3.8, 4) is 11.5 Å². The topological polar surface area (TPSA) is 49.7 Å². The number of hydrogen-bond donors (Lipinski definition) is 2. The average molecular weight is 191 g/mol. The molecule has 4 heteroatoms. The molecule has 12 heavy (non-hydrogen) atoms. The summed E-state index contributed by atoms with van der Waals surface area (Å²) in [7, 11) is 3.25. The van der Waals surface area contributed by atoms with E-state index in [4.69, 9.17) is 21.8 Å². The quantitative estimate of drug-likeness (QED) is 0.616. The van der Waals surface area contributed by atoms with Gasteiger partial charge in [-0.05, 0) is 12.1 Å². The number of benzene rings is 1. The van der Waals surface area contributed by atoms with Crippen molar-refractivity contribution in [2.24, 2.45) is 0 Å². The Morgan fingerprint density at radius 3 is 2.08 bits per heavy atom. The van der Waals surface area contributed by atoms with Crippen LogP contribution in [0.4, 0.5) is 0 Å². The highest BCUT2D eigenvalue weighted by Crippen LogP contribution is 2.26. The lowest BCUT2D eigenvalue weighted by molar-refractivity contribution is 0.277. The summed E-state index contributed by atoms with van der Waals surface area (Å²) in [6.45, 7) is 0. The summed E-state index contributed by atoms with van der Waals surface area (Å²) < 4.78 is 4.25. The van der Waals surface area contributed by atoms with Crippen LogP contribution in [0.5, 0.6) is 11.5 Å². The summed E-state index contributed by atoms with van der Waals surface area (Å²) in [4.78, 5) is 0. The maximum atomic E-state index is 8.80. The molecule has 0 saturated carbocycles. The Morgan fingerprint density at radius 1 is 1.25 bits per heavy atom. The van der Waals surface area contributed by atoms with Crippen LogP contribution in [0.2, 0.25) is 5.02 Å². The molecular weight excluding hydrogens is 180 g/mol. The third-order valence-electron chi connectivity index (χ3n) is 0.931. The molecule has 1 aromatic carbocycles. The van der Waals surface area contributed by atoms with Crippen LogP contribution < -0.4 is 0 Å². The van der Waals surface area contributed by atoms with E-state index in [1.54, 1.807) is 14.2 Å². The maximum Gasteiger partial charge on any atom is 0.134 e. The predicted octanol–water partition coefficient (Wildman–Crippen LogP) is 2.01. The number of halogens is 1. The second-order valence-corrected chi connectivity index (χ2v) is 2.45. The van der Waals surface area contributed by atoms with Crippen molar-refractivity contribution in [2.75, 3.05) is 14.2 Å². The average Bonchev–Trinajstić information content (AvgIpc) is 1.99. The first kappa shape index (κ1) is 11.1. The van der Waals surface area contributed by atoms with Crippen molar-refractivity contribution in [3.05, 3.63) is 23.2 Å². The van der Waals surface area contributed by atoms with Crippen LogP contribution in [-0.4, -0.2) is 24.4 Å². The molecule has 0 aliphatic carbocycles. The van der Waals surface area contributed by atoms with Gasteiger partial charge in [-0.1, -0.05) is 11.6 Å². The molecule has 0 aliphatic heterocycles.